The van der Waals surface area contributed by atoms with Gasteiger partial charge in [0.1, 0.15) is 0 Å². The Morgan fingerprint density at radius 1 is 1.33 bits per heavy atom. The van der Waals surface area contributed by atoms with E-state index in [1.165, 1.54) is 6.42 Å². The van der Waals surface area contributed by atoms with Gasteiger partial charge < -0.3 is 10.2 Å². The molecule has 1 aliphatic rings. The monoisotopic (exact) mass is 206 g/mol. The van der Waals surface area contributed by atoms with Crippen molar-refractivity contribution >= 4 is 5.95 Å². The molecule has 0 spiro atoms. The molecule has 1 saturated heterocycles. The summed E-state index contributed by atoms with van der Waals surface area (Å²) in [5, 5.41) is 3.35. The van der Waals surface area contributed by atoms with Gasteiger partial charge >= 0.3 is 0 Å². The maximum atomic E-state index is 4.47. The number of likely N-dealkylation sites (N-methyl/N-ethyl adjacent to an activating group) is 1. The molecule has 0 bridgehead atoms. The van der Waals surface area contributed by atoms with Crippen LogP contribution in [-0.4, -0.2) is 36.1 Å². The van der Waals surface area contributed by atoms with Gasteiger partial charge in [-0.15, -0.1) is 0 Å². The zero-order valence-corrected chi connectivity index (χ0v) is 9.62. The molecule has 82 valence electrons. The van der Waals surface area contributed by atoms with Gasteiger partial charge in [-0.25, -0.2) is 9.97 Å². The number of aryl methyl sites for hydroxylation is 2. The van der Waals surface area contributed by atoms with Crippen molar-refractivity contribution < 1.29 is 0 Å². The van der Waals surface area contributed by atoms with Crippen LogP contribution in [0.1, 0.15) is 17.8 Å². The Labute approximate surface area is 90.7 Å². The minimum atomic E-state index is 0.534. The molecular formula is C11H18N4. The lowest BCUT2D eigenvalue weighted by atomic mass is 10.2. The van der Waals surface area contributed by atoms with Crippen molar-refractivity contribution in [1.29, 1.82) is 0 Å². The first-order valence-electron chi connectivity index (χ1n) is 5.42. The van der Waals surface area contributed by atoms with E-state index >= 15 is 0 Å². The average Bonchev–Trinajstić information content (AvgIpc) is 2.67. The molecule has 1 aromatic rings. The molecule has 0 amide bonds. The quantitative estimate of drug-likeness (QED) is 0.780. The first-order valence-corrected chi connectivity index (χ1v) is 5.42. The predicted octanol–water partition coefficient (Wildman–Crippen LogP) is 0.892. The van der Waals surface area contributed by atoms with Crippen molar-refractivity contribution in [3.8, 4) is 0 Å². The van der Waals surface area contributed by atoms with Gasteiger partial charge in [-0.05, 0) is 32.9 Å². The Morgan fingerprint density at radius 2 is 2.00 bits per heavy atom. The Kier molecular flexibility index (Phi) is 2.86. The van der Waals surface area contributed by atoms with Crippen LogP contribution < -0.4 is 10.2 Å². The van der Waals surface area contributed by atoms with Crippen molar-refractivity contribution in [1.82, 2.24) is 15.3 Å². The molecule has 1 atom stereocenters. The Morgan fingerprint density at radius 3 is 2.53 bits per heavy atom. The highest BCUT2D eigenvalue weighted by molar-refractivity contribution is 5.33. The first-order chi connectivity index (χ1) is 7.16. The number of nitrogens with zero attached hydrogens (tertiary/aromatic N) is 3. The standard InChI is InChI=1S/C11H18N4/c1-8-6-9(2)14-11(13-8)15(3)10-4-5-12-7-10/h6,10,12H,4-5,7H2,1-3H3/t10-/m1/s1. The van der Waals surface area contributed by atoms with Crippen molar-refractivity contribution in [2.45, 2.75) is 26.3 Å². The van der Waals surface area contributed by atoms with Crippen LogP contribution in [0.15, 0.2) is 6.07 Å². The predicted molar refractivity (Wildman–Crippen MR) is 61.2 cm³/mol. The van der Waals surface area contributed by atoms with E-state index in [0.717, 1.165) is 30.4 Å². The van der Waals surface area contributed by atoms with E-state index in [2.05, 4.69) is 27.2 Å². The normalized spacial score (nSPS) is 20.6. The molecule has 2 heterocycles. The molecule has 15 heavy (non-hydrogen) atoms. The molecule has 0 saturated carbocycles. The molecule has 1 aromatic heterocycles. The third kappa shape index (κ3) is 2.26. The highest BCUT2D eigenvalue weighted by Crippen LogP contribution is 2.14. The van der Waals surface area contributed by atoms with Crippen molar-refractivity contribution in [2.75, 3.05) is 25.0 Å². The summed E-state index contributed by atoms with van der Waals surface area (Å²) in [6, 6.07) is 2.54. The summed E-state index contributed by atoms with van der Waals surface area (Å²) < 4.78 is 0. The van der Waals surface area contributed by atoms with Crippen LogP contribution in [0.2, 0.25) is 0 Å². The van der Waals surface area contributed by atoms with Gasteiger partial charge in [0, 0.05) is 31.0 Å². The zero-order chi connectivity index (χ0) is 10.8. The summed E-state index contributed by atoms with van der Waals surface area (Å²) in [6.07, 6.45) is 1.17. The van der Waals surface area contributed by atoms with E-state index in [1.54, 1.807) is 0 Å². The van der Waals surface area contributed by atoms with E-state index in [-0.39, 0.29) is 0 Å². The molecule has 1 N–H and O–H groups in total. The largest absolute Gasteiger partial charge is 0.340 e. The van der Waals surface area contributed by atoms with Crippen LogP contribution in [0.5, 0.6) is 0 Å². The molecule has 1 fully saturated rings. The van der Waals surface area contributed by atoms with Gasteiger partial charge in [0.25, 0.3) is 0 Å². The maximum absolute atomic E-state index is 4.47. The molecule has 0 unspecified atom stereocenters. The van der Waals surface area contributed by atoms with Crippen LogP contribution >= 0.6 is 0 Å². The number of anilines is 1. The molecule has 0 aromatic carbocycles. The lowest BCUT2D eigenvalue weighted by Crippen LogP contribution is -2.34. The van der Waals surface area contributed by atoms with Crippen LogP contribution in [0.4, 0.5) is 5.95 Å². The number of hydrogen-bond acceptors (Lipinski definition) is 4. The summed E-state index contributed by atoms with van der Waals surface area (Å²) in [5.74, 6) is 0.848. The third-order valence-corrected chi connectivity index (χ3v) is 2.87. The first kappa shape index (κ1) is 10.4. The highest BCUT2D eigenvalue weighted by Gasteiger charge is 2.21. The topological polar surface area (TPSA) is 41.1 Å². The summed E-state index contributed by atoms with van der Waals surface area (Å²) in [6.45, 7) is 6.16. The fourth-order valence-corrected chi connectivity index (χ4v) is 2.00. The van der Waals surface area contributed by atoms with Gasteiger partial charge in [0.05, 0.1) is 0 Å². The Bertz CT molecular complexity index is 324. The molecule has 2 rings (SSSR count). The molecule has 0 aliphatic carbocycles. The van der Waals surface area contributed by atoms with Crippen LogP contribution in [-0.2, 0) is 0 Å². The molecule has 4 nitrogen and oxygen atoms in total. The third-order valence-electron chi connectivity index (χ3n) is 2.87. The molecule has 0 radical (unpaired) electrons. The van der Waals surface area contributed by atoms with Crippen molar-refractivity contribution in [2.24, 2.45) is 0 Å². The van der Waals surface area contributed by atoms with E-state index in [9.17, 15) is 0 Å². The van der Waals surface area contributed by atoms with Crippen LogP contribution in [0, 0.1) is 13.8 Å². The highest BCUT2D eigenvalue weighted by atomic mass is 15.3. The minimum Gasteiger partial charge on any atom is -0.340 e. The zero-order valence-electron chi connectivity index (χ0n) is 9.62. The van der Waals surface area contributed by atoms with Crippen molar-refractivity contribution in [3.63, 3.8) is 0 Å². The Balaban J connectivity index is 2.20. The summed E-state index contributed by atoms with van der Waals surface area (Å²) in [7, 11) is 2.08. The van der Waals surface area contributed by atoms with E-state index in [0.29, 0.717) is 6.04 Å². The summed E-state index contributed by atoms with van der Waals surface area (Å²) >= 11 is 0. The van der Waals surface area contributed by atoms with Gasteiger partial charge in [0.15, 0.2) is 0 Å². The Hall–Kier alpha value is -1.16. The summed E-state index contributed by atoms with van der Waals surface area (Å²) in [5.41, 5.74) is 2.07. The molecular weight excluding hydrogens is 188 g/mol. The average molecular weight is 206 g/mol. The number of rotatable bonds is 2. The van der Waals surface area contributed by atoms with Gasteiger partial charge in [-0.2, -0.15) is 0 Å². The van der Waals surface area contributed by atoms with Crippen LogP contribution in [0.25, 0.3) is 0 Å². The second kappa shape index (κ2) is 4.14. The van der Waals surface area contributed by atoms with E-state index in [1.807, 2.05) is 19.9 Å². The van der Waals surface area contributed by atoms with E-state index in [4.69, 9.17) is 0 Å². The van der Waals surface area contributed by atoms with Gasteiger partial charge in [-0.1, -0.05) is 0 Å². The second-order valence-corrected chi connectivity index (χ2v) is 4.21. The maximum Gasteiger partial charge on any atom is 0.225 e. The molecule has 4 heteroatoms. The fourth-order valence-electron chi connectivity index (χ4n) is 2.00. The smallest absolute Gasteiger partial charge is 0.225 e. The number of nitrogens with one attached hydrogen (secondary N) is 1. The molecule has 1 aliphatic heterocycles. The lowest BCUT2D eigenvalue weighted by molar-refractivity contribution is 0.665. The van der Waals surface area contributed by atoms with Gasteiger partial charge in [-0.3, -0.25) is 0 Å². The lowest BCUT2D eigenvalue weighted by Gasteiger charge is -2.24. The SMILES string of the molecule is Cc1cc(C)nc(N(C)[C@@H]2CCNC2)n1. The van der Waals surface area contributed by atoms with Gasteiger partial charge in [0.2, 0.25) is 5.95 Å². The summed E-state index contributed by atoms with van der Waals surface area (Å²) in [4.78, 5) is 11.1. The number of hydrogen-bond donors (Lipinski definition) is 1. The number of aromatic nitrogens is 2. The minimum absolute atomic E-state index is 0.534. The van der Waals surface area contributed by atoms with Crippen LogP contribution in [0.3, 0.4) is 0 Å². The fraction of sp³-hybridized carbons (Fsp3) is 0.636. The van der Waals surface area contributed by atoms with E-state index < -0.39 is 0 Å². The second-order valence-electron chi connectivity index (χ2n) is 4.21. The van der Waals surface area contributed by atoms with Crippen molar-refractivity contribution in [3.05, 3.63) is 17.5 Å².